The minimum atomic E-state index is -5.11. The van der Waals surface area contributed by atoms with E-state index in [-0.39, 0.29) is 76.0 Å². The second kappa shape index (κ2) is 50.4. The molecule has 1 aliphatic rings. The average Bonchev–Trinajstić information content (AvgIpc) is 0.744. The summed E-state index contributed by atoms with van der Waals surface area (Å²) in [7, 11) is -28.2. The van der Waals surface area contributed by atoms with Gasteiger partial charge in [0, 0.05) is 56.4 Å². The largest absolute Gasteiger partial charge is 0.420 e. The maximum absolute atomic E-state index is 14.2. The Balaban J connectivity index is 0.000000577. The minimum Gasteiger partial charge on any atom is -0.386 e. The Labute approximate surface area is 875 Å². The van der Waals surface area contributed by atoms with E-state index in [1.807, 2.05) is 55.4 Å². The number of nitrogens with zero attached hydrogens (tertiary/aromatic N) is 1. The smallest absolute Gasteiger partial charge is 0.386 e. The van der Waals surface area contributed by atoms with E-state index in [1.165, 1.54) is 91.7 Å². The van der Waals surface area contributed by atoms with Crippen molar-refractivity contribution < 1.29 is 121 Å². The predicted octanol–water partition coefficient (Wildman–Crippen LogP) is 27.5. The zero-order chi connectivity index (χ0) is 115. The highest BCUT2D eigenvalue weighted by atomic mass is 35.5. The molecule has 0 atom stereocenters. The van der Waals surface area contributed by atoms with E-state index in [0.717, 1.165) is 47.4 Å². The van der Waals surface area contributed by atoms with Gasteiger partial charge in [0.05, 0.1) is 56.3 Å². The van der Waals surface area contributed by atoms with Crippen LogP contribution in [0.3, 0.4) is 0 Å². The lowest BCUT2D eigenvalue weighted by atomic mass is 9.93. The first kappa shape index (κ1) is 136. The molecule has 146 heavy (non-hydrogen) atoms. The molecule has 7 aromatic rings. The molecule has 1 saturated heterocycles. The predicted molar refractivity (Wildman–Crippen MR) is 556 cm³/mol. The fourth-order valence-corrected chi connectivity index (χ4v) is 27.4. The third-order valence-corrected chi connectivity index (χ3v) is 35.0. The van der Waals surface area contributed by atoms with Gasteiger partial charge >= 0.3 is 18.5 Å². The second-order valence-corrected chi connectivity index (χ2v) is 57.9. The number of hydrogen-bond acceptors (Lipinski definition) is 15. The zero-order valence-electron chi connectivity index (χ0n) is 89.9. The topological polar surface area (TPSA) is 335 Å². The number of alkyl halides is 11. The average molecular weight is 2280 g/mol. The quantitative estimate of drug-likeness (QED) is 0.0293. The highest BCUT2D eigenvalue weighted by Crippen LogP contribution is 2.45. The maximum atomic E-state index is 14.2. The first-order valence-corrected chi connectivity index (χ1v) is 58.2. The fraction of sp³-hybridized carbons (Fsp3) is 0.584. The lowest BCUT2D eigenvalue weighted by Crippen LogP contribution is -2.50. The summed E-state index contributed by atoms with van der Waals surface area (Å²) in [5.74, 6) is -2.79. The molecule has 22 nitrogen and oxygen atoms in total. The zero-order valence-corrected chi connectivity index (χ0v) is 97.8. The van der Waals surface area contributed by atoms with Gasteiger partial charge in [-0.15, -0.1) is 0 Å². The van der Waals surface area contributed by atoms with E-state index in [4.69, 9.17) is 34.8 Å². The van der Waals surface area contributed by atoms with Crippen molar-refractivity contribution >= 4 is 105 Å². The Hall–Kier alpha value is -6.17. The maximum Gasteiger partial charge on any atom is 0.420 e. The van der Waals surface area contributed by atoms with Crippen LogP contribution in [0, 0.1) is 11.6 Å². The van der Waals surface area contributed by atoms with Crippen LogP contribution in [0.1, 0.15) is 383 Å². The van der Waals surface area contributed by atoms with Crippen molar-refractivity contribution in [2.24, 2.45) is 0 Å². The molecule has 8 rings (SSSR count). The van der Waals surface area contributed by atoms with E-state index < -0.39 is 200 Å². The molecule has 0 bridgehead atoms. The minimum absolute atomic E-state index is 0.0554. The summed E-state index contributed by atoms with van der Waals surface area (Å²) in [6.45, 7) is 62.4. The SMILES string of the molecule is CC(C)c1cc(C(F)(F)F)c(S(=O)(=O)NC(C)(C)C)cc1F.CC(C)c1cc(Cl)c(S(=O)(=O)NC(C)(C)C)c(Cl)c1.CC(C)c1ccc(S(=O)(=O)N2CCCCC2(C)C)c(C(F)(F)F)c1.CC(C)c1ccc(S(=O)(=O)NC(C)(C)C)c(C(C)(C)O)c1.CC(C)c1ccc(S(=O)(=O)NC(C)(C)C)c(C(F)(F)F)c1F.CC(C)c1ccc(S(=O)(=O)NC(C)(C)C)c(C(F)F)c1.CC(C)c1ccc(S(=O)(=O)NC(C)(C)C)c(Cl)c1. The molecule has 832 valence electrons. The molecule has 0 amide bonds. The van der Waals surface area contributed by atoms with E-state index in [2.05, 4.69) is 28.3 Å². The molecule has 1 aliphatic heterocycles. The van der Waals surface area contributed by atoms with Gasteiger partial charge in [-0.2, -0.15) is 43.8 Å². The second-order valence-electron chi connectivity index (χ2n) is 44.9. The van der Waals surface area contributed by atoms with Gasteiger partial charge in [-0.3, -0.25) is 0 Å². The first-order chi connectivity index (χ1) is 64.8. The molecule has 0 radical (unpaired) electrons. The monoisotopic (exact) mass is 2280 g/mol. The summed E-state index contributed by atoms with van der Waals surface area (Å²) in [4.78, 5) is -3.00. The number of aliphatic hydroxyl groups is 1. The van der Waals surface area contributed by atoms with Gasteiger partial charge in [-0.25, -0.2) is 105 Å². The van der Waals surface area contributed by atoms with Crippen LogP contribution in [0.2, 0.25) is 15.1 Å². The van der Waals surface area contributed by atoms with Gasteiger partial charge in [0.15, 0.2) is 0 Å². The van der Waals surface area contributed by atoms with Crippen LogP contribution in [-0.4, -0.2) is 114 Å². The van der Waals surface area contributed by atoms with Crippen LogP contribution < -0.4 is 28.3 Å². The molecule has 7 aromatic carbocycles. The first-order valence-electron chi connectivity index (χ1n) is 46.7. The van der Waals surface area contributed by atoms with Crippen molar-refractivity contribution in [1.29, 1.82) is 0 Å². The summed E-state index contributed by atoms with van der Waals surface area (Å²) in [6.07, 6.45) is -15.4. The van der Waals surface area contributed by atoms with Crippen molar-refractivity contribution in [3.63, 3.8) is 0 Å². The summed E-state index contributed by atoms with van der Waals surface area (Å²) < 4.78 is 363. The highest BCUT2D eigenvalue weighted by Gasteiger charge is 2.47. The molecule has 45 heteroatoms. The number of sulfonamides is 7. The molecular formula is C101H149Cl3F13N7O15S7. The van der Waals surface area contributed by atoms with Crippen LogP contribution in [0.5, 0.6) is 0 Å². The Kier molecular flexibility index (Phi) is 46.9. The number of halogens is 16. The molecule has 1 heterocycles. The van der Waals surface area contributed by atoms with E-state index >= 15 is 0 Å². The molecule has 0 aliphatic carbocycles. The van der Waals surface area contributed by atoms with Gasteiger partial charge in [0.2, 0.25) is 70.2 Å². The van der Waals surface area contributed by atoms with E-state index in [0.29, 0.717) is 47.6 Å². The number of rotatable bonds is 23. The van der Waals surface area contributed by atoms with Crippen molar-refractivity contribution in [2.75, 3.05) is 6.54 Å². The number of hydrogen-bond donors (Lipinski definition) is 7. The molecular weight excluding hydrogens is 2130 g/mol. The number of benzene rings is 7. The van der Waals surface area contributed by atoms with E-state index in [1.54, 1.807) is 179 Å². The standard InChI is InChI=1S/C17H24F3NO2S.C16H27NO3S.2C14H19F4NO2S.C14H21F2NO2S.C13H19Cl2NO2S.C13H20ClNO2S/c1-12(2)13-7-8-15(14(11-13)17(18,19)20)24(22,23)21-10-6-5-9-16(21,3)4;1-11(2)12-8-9-14(13(10-12)16(6,7)18)21(19,20)17-15(3,4)5;1-8(2)9-6-10(14(16,17)18)12(7-11(9)15)22(20,21)19-13(3,4)5;1-8(2)9-6-7-10(11(12(9)15)14(16,17)18)22(20,21)19-13(3,4)5;1-9(2)10-6-7-12(11(8-10)13(15)16)20(18,19)17-14(3,4)5;1-8(2)9-6-10(14)12(11(15)7-9)19(17,18)16-13(3,4)5;1-9(2)10-6-7-12(11(14)8-10)18(16,17)15-13(3,4)5/h7-8,11-12H,5-6,9-10H2,1-4H3;8-11,17-18H,1-7H3;2*6-8,19H,1-5H3;6-9,13,17H,1-5H3;6-8,16H,1-5H3;6-9,15H,1-5H3. The Morgan fingerprint density at radius 3 is 0.959 bits per heavy atom. The van der Waals surface area contributed by atoms with Crippen molar-refractivity contribution in [2.45, 2.75) is 414 Å². The molecule has 0 unspecified atom stereocenters. The summed E-state index contributed by atoms with van der Waals surface area (Å²) in [5, 5.41) is 10.9. The third kappa shape index (κ3) is 41.7. The fourth-order valence-electron chi connectivity index (χ4n) is 14.1. The molecule has 1 fully saturated rings. The van der Waals surface area contributed by atoms with Gasteiger partial charge in [-0.1, -0.05) is 175 Å². The van der Waals surface area contributed by atoms with Gasteiger partial charge in [-0.05, 0) is 318 Å². The Bertz CT molecular complexity index is 6440. The van der Waals surface area contributed by atoms with Crippen LogP contribution >= 0.6 is 34.8 Å². The van der Waals surface area contributed by atoms with Crippen LogP contribution in [0.4, 0.5) is 57.1 Å². The normalized spacial score (nSPS) is 14.5. The molecule has 0 spiro atoms. The summed E-state index contributed by atoms with van der Waals surface area (Å²) >= 11 is 18.2. The number of piperidine rings is 1. The highest BCUT2D eigenvalue weighted by molar-refractivity contribution is 7.91. The van der Waals surface area contributed by atoms with Crippen molar-refractivity contribution in [3.05, 3.63) is 203 Å². The van der Waals surface area contributed by atoms with Crippen molar-refractivity contribution in [3.8, 4) is 0 Å². The van der Waals surface area contributed by atoms with Gasteiger partial charge < -0.3 is 5.11 Å². The van der Waals surface area contributed by atoms with Crippen LogP contribution in [0.15, 0.2) is 143 Å². The molecule has 7 N–H and O–H groups in total. The Morgan fingerprint density at radius 2 is 0.623 bits per heavy atom. The van der Waals surface area contributed by atoms with Crippen molar-refractivity contribution in [1.82, 2.24) is 32.6 Å². The summed E-state index contributed by atoms with van der Waals surface area (Å²) in [6, 6.07) is 24.1. The molecule has 0 saturated carbocycles. The lowest BCUT2D eigenvalue weighted by molar-refractivity contribution is -0.142. The van der Waals surface area contributed by atoms with Crippen LogP contribution in [-0.2, 0) is 94.3 Å². The number of nitrogens with one attached hydrogen (secondary N) is 6. The van der Waals surface area contributed by atoms with E-state index in [9.17, 15) is 121 Å². The van der Waals surface area contributed by atoms with Gasteiger partial charge in [0.25, 0.3) is 6.43 Å². The van der Waals surface area contributed by atoms with Gasteiger partial charge in [0.1, 0.15) is 27.0 Å². The molecule has 0 aromatic heterocycles. The lowest BCUT2D eigenvalue weighted by Gasteiger charge is -2.41. The third-order valence-electron chi connectivity index (χ3n) is 20.6. The summed E-state index contributed by atoms with van der Waals surface area (Å²) in [5.41, 5.74) is -6.81. The Morgan fingerprint density at radius 1 is 0.322 bits per heavy atom. The van der Waals surface area contributed by atoms with Crippen LogP contribution in [0.25, 0.3) is 0 Å².